The van der Waals surface area contributed by atoms with Crippen LogP contribution in [0.3, 0.4) is 0 Å². The molecule has 1 saturated carbocycles. The number of nitrogens with two attached hydrogens (primary N) is 1. The number of cyclic esters (lactones) is 1. The van der Waals surface area contributed by atoms with Crippen LogP contribution in [0.4, 0.5) is 4.39 Å². The van der Waals surface area contributed by atoms with Gasteiger partial charge in [-0.2, -0.15) is 0 Å². The second-order valence-corrected chi connectivity index (χ2v) is 7.10. The molecule has 0 bridgehead atoms. The van der Waals surface area contributed by atoms with E-state index < -0.39 is 12.0 Å². The average molecular weight is 388 g/mol. The molecule has 26 heavy (non-hydrogen) atoms. The van der Waals surface area contributed by atoms with Gasteiger partial charge in [0.15, 0.2) is 0 Å². The van der Waals surface area contributed by atoms with Crippen LogP contribution in [0.1, 0.15) is 25.3 Å². The molecule has 2 aliphatic rings. The average Bonchev–Trinajstić information content (AvgIpc) is 3.40. The van der Waals surface area contributed by atoms with Crippen LogP contribution in [0.5, 0.6) is 0 Å². The van der Waals surface area contributed by atoms with E-state index in [2.05, 4.69) is 0 Å². The smallest absolute Gasteiger partial charge is 0.325 e. The molecule has 1 aromatic rings. The molecule has 146 valence electrons. The van der Waals surface area contributed by atoms with Gasteiger partial charge in [0, 0.05) is 12.5 Å². The minimum absolute atomic E-state index is 0. The van der Waals surface area contributed by atoms with Crippen LogP contribution in [0.15, 0.2) is 24.3 Å². The van der Waals surface area contributed by atoms with Gasteiger partial charge in [-0.25, -0.2) is 4.39 Å². The Morgan fingerprint density at radius 1 is 1.23 bits per heavy atom. The third-order valence-corrected chi connectivity index (χ3v) is 4.89. The Morgan fingerprint density at radius 3 is 2.58 bits per heavy atom. The van der Waals surface area contributed by atoms with E-state index in [0.717, 1.165) is 5.56 Å². The molecule has 2 fully saturated rings. The zero-order valence-electron chi connectivity index (χ0n) is 14.9. The van der Waals surface area contributed by atoms with E-state index in [1.165, 1.54) is 25.0 Å². The van der Waals surface area contributed by atoms with Gasteiger partial charge in [-0.3, -0.25) is 4.79 Å². The van der Waals surface area contributed by atoms with Gasteiger partial charge in [0.2, 0.25) is 0 Å². The summed E-state index contributed by atoms with van der Waals surface area (Å²) in [7, 11) is 0. The highest BCUT2D eigenvalue weighted by molar-refractivity contribution is 5.85. The van der Waals surface area contributed by atoms with Crippen LogP contribution in [0.25, 0.3) is 0 Å². The molecule has 1 aliphatic heterocycles. The minimum Gasteiger partial charge on any atom is -0.461 e. The normalized spacial score (nSPS) is 29.7. The van der Waals surface area contributed by atoms with Crippen molar-refractivity contribution in [2.75, 3.05) is 19.8 Å². The van der Waals surface area contributed by atoms with E-state index in [0.29, 0.717) is 25.6 Å². The maximum atomic E-state index is 13.2. The summed E-state index contributed by atoms with van der Waals surface area (Å²) in [6.07, 6.45) is 2.45. The van der Waals surface area contributed by atoms with Crippen molar-refractivity contribution in [3.8, 4) is 0 Å². The van der Waals surface area contributed by atoms with Crippen LogP contribution >= 0.6 is 12.4 Å². The van der Waals surface area contributed by atoms with Gasteiger partial charge in [0.05, 0.1) is 19.3 Å². The lowest BCUT2D eigenvalue weighted by atomic mass is 9.89. The van der Waals surface area contributed by atoms with Crippen molar-refractivity contribution in [1.82, 2.24) is 0 Å². The third-order valence-electron chi connectivity index (χ3n) is 4.89. The first-order valence-electron chi connectivity index (χ1n) is 8.93. The van der Waals surface area contributed by atoms with E-state index >= 15 is 0 Å². The molecule has 3 rings (SSSR count). The standard InChI is InChI=1S/C19H26FNO4.ClH/c1-12-16(8-13-4-6-15(20)7-5-13)18(24-9-14-2-3-14)11-23-10-17(21)19(22)25-12;/h4-7,12,14,16-18H,2-3,8-11,21H2,1H3;1H/t12-,16-,17-,18-;/m0./s1. The Labute approximate surface area is 159 Å². The Morgan fingerprint density at radius 2 is 1.92 bits per heavy atom. The number of rotatable bonds is 5. The summed E-state index contributed by atoms with van der Waals surface area (Å²) >= 11 is 0. The molecule has 2 N–H and O–H groups in total. The summed E-state index contributed by atoms with van der Waals surface area (Å²) in [5.41, 5.74) is 6.76. The molecular weight excluding hydrogens is 361 g/mol. The second-order valence-electron chi connectivity index (χ2n) is 7.10. The maximum Gasteiger partial charge on any atom is 0.325 e. The van der Waals surface area contributed by atoms with Crippen LogP contribution in [0, 0.1) is 17.7 Å². The molecule has 7 heteroatoms. The fourth-order valence-corrected chi connectivity index (χ4v) is 3.07. The molecule has 0 unspecified atom stereocenters. The maximum absolute atomic E-state index is 13.2. The number of halogens is 2. The predicted molar refractivity (Wildman–Crippen MR) is 97.7 cm³/mol. The largest absolute Gasteiger partial charge is 0.461 e. The number of esters is 1. The first-order valence-corrected chi connectivity index (χ1v) is 8.93. The SMILES string of the molecule is C[C@@H]1OC(=O)[C@@H](N)COC[C@H](OCC2CC2)[C@H]1Cc1ccc(F)cc1.Cl. The third kappa shape index (κ3) is 5.91. The van der Waals surface area contributed by atoms with Crippen molar-refractivity contribution in [2.45, 2.75) is 44.4 Å². The molecule has 1 heterocycles. The van der Waals surface area contributed by atoms with Crippen molar-refractivity contribution in [1.29, 1.82) is 0 Å². The van der Waals surface area contributed by atoms with Crippen molar-refractivity contribution in [2.24, 2.45) is 17.6 Å². The molecule has 0 radical (unpaired) electrons. The first kappa shape index (κ1) is 21.1. The zero-order valence-corrected chi connectivity index (χ0v) is 15.8. The fourth-order valence-electron chi connectivity index (χ4n) is 3.07. The number of hydrogen-bond donors (Lipinski definition) is 1. The van der Waals surface area contributed by atoms with Crippen LogP contribution in [-0.2, 0) is 25.4 Å². The molecule has 1 aromatic carbocycles. The van der Waals surface area contributed by atoms with E-state index in [9.17, 15) is 9.18 Å². The summed E-state index contributed by atoms with van der Waals surface area (Å²) in [5.74, 6) is -0.189. The highest BCUT2D eigenvalue weighted by Crippen LogP contribution is 2.31. The lowest BCUT2D eigenvalue weighted by Gasteiger charge is -2.31. The quantitative estimate of drug-likeness (QED) is 0.786. The van der Waals surface area contributed by atoms with Crippen molar-refractivity contribution < 1.29 is 23.4 Å². The lowest BCUT2D eigenvalue weighted by Crippen LogP contribution is -2.40. The predicted octanol–water partition coefficient (Wildman–Crippen LogP) is 2.49. The second kappa shape index (κ2) is 9.65. The number of carbonyl (C=O) groups is 1. The highest BCUT2D eigenvalue weighted by Gasteiger charge is 2.35. The van der Waals surface area contributed by atoms with Crippen molar-refractivity contribution in [3.63, 3.8) is 0 Å². The summed E-state index contributed by atoms with van der Waals surface area (Å²) in [6, 6.07) is 5.60. The topological polar surface area (TPSA) is 70.8 Å². The monoisotopic (exact) mass is 387 g/mol. The van der Waals surface area contributed by atoms with Gasteiger partial charge < -0.3 is 19.9 Å². The number of benzene rings is 1. The summed E-state index contributed by atoms with van der Waals surface area (Å²) in [5, 5.41) is 0. The first-order chi connectivity index (χ1) is 12.0. The molecule has 0 amide bonds. The molecule has 0 aromatic heterocycles. The van der Waals surface area contributed by atoms with Crippen LogP contribution < -0.4 is 5.73 Å². The van der Waals surface area contributed by atoms with Gasteiger partial charge >= 0.3 is 5.97 Å². The molecule has 5 nitrogen and oxygen atoms in total. The minimum atomic E-state index is -0.781. The Hall–Kier alpha value is -1.21. The molecular formula is C19H27ClFNO4. The van der Waals surface area contributed by atoms with Crippen molar-refractivity contribution in [3.05, 3.63) is 35.6 Å². The molecule has 1 saturated heterocycles. The molecule has 4 atom stereocenters. The zero-order chi connectivity index (χ0) is 17.8. The van der Waals surface area contributed by atoms with Gasteiger partial charge in [-0.1, -0.05) is 12.1 Å². The summed E-state index contributed by atoms with van der Waals surface area (Å²) in [4.78, 5) is 12.0. The van der Waals surface area contributed by atoms with Gasteiger partial charge in [0.25, 0.3) is 0 Å². The van der Waals surface area contributed by atoms with Gasteiger partial charge in [-0.15, -0.1) is 12.4 Å². The Kier molecular flexibility index (Phi) is 7.83. The number of hydrogen-bond acceptors (Lipinski definition) is 5. The van der Waals surface area contributed by atoms with E-state index in [1.54, 1.807) is 12.1 Å². The fraction of sp³-hybridized carbons (Fsp3) is 0.632. The number of ether oxygens (including phenoxy) is 3. The van der Waals surface area contributed by atoms with Gasteiger partial charge in [0.1, 0.15) is 18.0 Å². The Bertz CT molecular complexity index is 581. The van der Waals surface area contributed by atoms with Crippen molar-refractivity contribution >= 4 is 18.4 Å². The van der Waals surface area contributed by atoms with Crippen LogP contribution in [-0.4, -0.2) is 44.0 Å². The molecule has 0 spiro atoms. The highest BCUT2D eigenvalue weighted by atomic mass is 35.5. The Balaban J connectivity index is 0.00000243. The van der Waals surface area contributed by atoms with E-state index in [-0.39, 0.29) is 43.0 Å². The summed E-state index contributed by atoms with van der Waals surface area (Å²) < 4.78 is 30.5. The summed E-state index contributed by atoms with van der Waals surface area (Å²) in [6.45, 7) is 3.05. The lowest BCUT2D eigenvalue weighted by molar-refractivity contribution is -0.154. The molecule has 1 aliphatic carbocycles. The number of carbonyl (C=O) groups excluding carboxylic acids is 1. The van der Waals surface area contributed by atoms with Gasteiger partial charge in [-0.05, 0) is 49.8 Å². The van der Waals surface area contributed by atoms with Crippen LogP contribution in [0.2, 0.25) is 0 Å². The van der Waals surface area contributed by atoms with E-state index in [1.807, 2.05) is 6.92 Å². The van der Waals surface area contributed by atoms with E-state index in [4.69, 9.17) is 19.9 Å².